The number of hydrogen-bond donors (Lipinski definition) is 2. The summed E-state index contributed by atoms with van der Waals surface area (Å²) in [5.74, 6) is 0.813. The molecule has 0 atom stereocenters. The normalized spacial score (nSPS) is 9.27. The number of nitrogens with one attached hydrogen (secondary N) is 1. The van der Waals surface area contributed by atoms with E-state index in [1.165, 1.54) is 0 Å². The lowest BCUT2D eigenvalue weighted by Crippen LogP contribution is -2.06. The summed E-state index contributed by atoms with van der Waals surface area (Å²) in [5.41, 5.74) is 5.39. The van der Waals surface area contributed by atoms with Crippen molar-refractivity contribution < 1.29 is 0 Å². The van der Waals surface area contributed by atoms with E-state index in [-0.39, 0.29) is 12.4 Å². The molecule has 0 aromatic carbocycles. The van der Waals surface area contributed by atoms with Crippen LogP contribution in [0.15, 0.2) is 0 Å². The van der Waals surface area contributed by atoms with Gasteiger partial charge in [-0.15, -0.1) is 12.4 Å². The first kappa shape index (κ1) is 10.6. The number of H-pyrrole nitrogens is 1. The van der Waals surface area contributed by atoms with Crippen LogP contribution in [-0.2, 0) is 13.1 Å². The van der Waals surface area contributed by atoms with Gasteiger partial charge >= 0.3 is 0 Å². The van der Waals surface area contributed by atoms with Gasteiger partial charge in [0.05, 0.1) is 6.54 Å². The maximum atomic E-state index is 5.39. The number of nitrogens with two attached hydrogens (primary N) is 1. The number of nitrogens with zero attached hydrogens (tertiary/aromatic N) is 2. The molecule has 6 heteroatoms. The summed E-state index contributed by atoms with van der Waals surface area (Å²) in [4.78, 5) is 0. The van der Waals surface area contributed by atoms with E-state index in [0.717, 1.165) is 12.4 Å². The van der Waals surface area contributed by atoms with Gasteiger partial charge in [0.1, 0.15) is 5.82 Å². The molecule has 0 aliphatic heterocycles. The molecule has 0 aliphatic carbocycles. The number of hydrogen-bond acceptors (Lipinski definition) is 3. The molecular formula is C5H11ClN4S. The van der Waals surface area contributed by atoms with Gasteiger partial charge in [-0.3, -0.25) is 5.10 Å². The zero-order valence-electron chi connectivity index (χ0n) is 6.20. The molecule has 3 N–H and O–H groups in total. The van der Waals surface area contributed by atoms with Crippen molar-refractivity contribution in [2.45, 2.75) is 20.0 Å². The van der Waals surface area contributed by atoms with Gasteiger partial charge in [0, 0.05) is 6.54 Å². The van der Waals surface area contributed by atoms with Crippen LogP contribution in [0.3, 0.4) is 0 Å². The van der Waals surface area contributed by atoms with Crippen molar-refractivity contribution in [3.8, 4) is 0 Å². The van der Waals surface area contributed by atoms with Gasteiger partial charge in [0.25, 0.3) is 0 Å². The van der Waals surface area contributed by atoms with E-state index in [1.54, 1.807) is 0 Å². The first-order chi connectivity index (χ1) is 4.79. The van der Waals surface area contributed by atoms with Crippen LogP contribution < -0.4 is 5.73 Å². The van der Waals surface area contributed by atoms with Crippen LogP contribution in [0.1, 0.15) is 12.7 Å². The van der Waals surface area contributed by atoms with Crippen molar-refractivity contribution in [3.63, 3.8) is 0 Å². The van der Waals surface area contributed by atoms with E-state index < -0.39 is 0 Å². The molecule has 1 heterocycles. The monoisotopic (exact) mass is 194 g/mol. The highest BCUT2D eigenvalue weighted by Crippen LogP contribution is 1.94. The minimum Gasteiger partial charge on any atom is -0.324 e. The standard InChI is InChI=1S/C5H10N4S.ClH/c1-2-9-4(3-6)7-8-5(9)10;/h2-3,6H2,1H3,(H,8,10);1H. The summed E-state index contributed by atoms with van der Waals surface area (Å²) in [6, 6.07) is 0. The van der Waals surface area contributed by atoms with Crippen LogP contribution in [0, 0.1) is 4.77 Å². The highest BCUT2D eigenvalue weighted by molar-refractivity contribution is 7.71. The van der Waals surface area contributed by atoms with Gasteiger partial charge in [0.2, 0.25) is 0 Å². The Balaban J connectivity index is 0.000001000. The van der Waals surface area contributed by atoms with E-state index in [9.17, 15) is 0 Å². The summed E-state index contributed by atoms with van der Waals surface area (Å²) >= 11 is 4.93. The smallest absolute Gasteiger partial charge is 0.195 e. The molecule has 1 aromatic heterocycles. The maximum Gasteiger partial charge on any atom is 0.195 e. The van der Waals surface area contributed by atoms with E-state index in [1.807, 2.05) is 11.5 Å². The Hall–Kier alpha value is -0.390. The van der Waals surface area contributed by atoms with Crippen molar-refractivity contribution in [2.24, 2.45) is 5.73 Å². The third kappa shape index (κ3) is 2.02. The van der Waals surface area contributed by atoms with Gasteiger partial charge < -0.3 is 10.3 Å². The van der Waals surface area contributed by atoms with Gasteiger partial charge in [-0.1, -0.05) is 0 Å². The molecule has 1 rings (SSSR count). The number of halogens is 1. The molecule has 11 heavy (non-hydrogen) atoms. The molecule has 0 amide bonds. The lowest BCUT2D eigenvalue weighted by molar-refractivity contribution is 0.691. The Bertz CT molecular complexity index is 266. The molecule has 0 fully saturated rings. The highest BCUT2D eigenvalue weighted by atomic mass is 35.5. The zero-order valence-corrected chi connectivity index (χ0v) is 7.84. The number of aromatic amines is 1. The van der Waals surface area contributed by atoms with E-state index in [0.29, 0.717) is 11.3 Å². The SMILES string of the molecule is CCn1c(CN)n[nH]c1=S.Cl. The second-order valence-electron chi connectivity index (χ2n) is 1.89. The summed E-state index contributed by atoms with van der Waals surface area (Å²) in [6.45, 7) is 3.26. The van der Waals surface area contributed by atoms with Crippen molar-refractivity contribution in [2.75, 3.05) is 0 Å². The average Bonchev–Trinajstić information content (AvgIpc) is 2.30. The van der Waals surface area contributed by atoms with Crippen molar-refractivity contribution in [1.82, 2.24) is 14.8 Å². The summed E-state index contributed by atoms with van der Waals surface area (Å²) in [6.07, 6.45) is 0. The minimum absolute atomic E-state index is 0. The quantitative estimate of drug-likeness (QED) is 0.687. The fourth-order valence-electron chi connectivity index (χ4n) is 0.832. The molecule has 0 unspecified atom stereocenters. The van der Waals surface area contributed by atoms with E-state index >= 15 is 0 Å². The Kier molecular flexibility index (Phi) is 4.32. The van der Waals surface area contributed by atoms with Gasteiger partial charge in [0.15, 0.2) is 4.77 Å². The Morgan fingerprint density at radius 2 is 2.36 bits per heavy atom. The molecule has 1 aromatic rings. The van der Waals surface area contributed by atoms with E-state index in [4.69, 9.17) is 18.0 Å². The van der Waals surface area contributed by atoms with Crippen LogP contribution in [0.25, 0.3) is 0 Å². The first-order valence-electron chi connectivity index (χ1n) is 3.13. The molecule has 0 spiro atoms. The molecule has 0 saturated carbocycles. The Morgan fingerprint density at radius 1 is 1.73 bits per heavy atom. The fraction of sp³-hybridized carbons (Fsp3) is 0.600. The van der Waals surface area contributed by atoms with Crippen LogP contribution >= 0.6 is 24.6 Å². The third-order valence-corrected chi connectivity index (χ3v) is 1.65. The van der Waals surface area contributed by atoms with Gasteiger partial charge in [-0.25, -0.2) is 0 Å². The Labute approximate surface area is 76.2 Å². The fourth-order valence-corrected chi connectivity index (χ4v) is 1.11. The Morgan fingerprint density at radius 3 is 2.73 bits per heavy atom. The first-order valence-corrected chi connectivity index (χ1v) is 3.54. The van der Waals surface area contributed by atoms with Crippen molar-refractivity contribution >= 4 is 24.6 Å². The van der Waals surface area contributed by atoms with Gasteiger partial charge in [-0.05, 0) is 19.1 Å². The third-order valence-electron chi connectivity index (χ3n) is 1.34. The topological polar surface area (TPSA) is 59.6 Å². The van der Waals surface area contributed by atoms with Gasteiger partial charge in [-0.2, -0.15) is 5.10 Å². The molecule has 0 saturated heterocycles. The molecule has 0 radical (unpaired) electrons. The minimum atomic E-state index is 0. The second kappa shape index (κ2) is 4.48. The summed E-state index contributed by atoms with van der Waals surface area (Å²) in [5, 5.41) is 6.60. The van der Waals surface area contributed by atoms with Crippen molar-refractivity contribution in [1.29, 1.82) is 0 Å². The molecule has 64 valence electrons. The second-order valence-corrected chi connectivity index (χ2v) is 2.28. The number of rotatable bonds is 2. The predicted molar refractivity (Wildman–Crippen MR) is 48.2 cm³/mol. The molecule has 4 nitrogen and oxygen atoms in total. The summed E-state index contributed by atoms with van der Waals surface area (Å²) < 4.78 is 2.51. The largest absolute Gasteiger partial charge is 0.324 e. The predicted octanol–water partition coefficient (Wildman–Crippen LogP) is 0.841. The van der Waals surface area contributed by atoms with Crippen molar-refractivity contribution in [3.05, 3.63) is 10.6 Å². The average molecular weight is 195 g/mol. The zero-order chi connectivity index (χ0) is 7.56. The van der Waals surface area contributed by atoms with E-state index in [2.05, 4.69) is 10.2 Å². The van der Waals surface area contributed by atoms with Crippen LogP contribution in [-0.4, -0.2) is 14.8 Å². The maximum absolute atomic E-state index is 5.39. The molecule has 0 aliphatic rings. The van der Waals surface area contributed by atoms with Crippen LogP contribution in [0.5, 0.6) is 0 Å². The number of aromatic nitrogens is 3. The lowest BCUT2D eigenvalue weighted by atomic mass is 10.6. The molecule has 0 bridgehead atoms. The highest BCUT2D eigenvalue weighted by Gasteiger charge is 1.99. The molecular weight excluding hydrogens is 184 g/mol. The van der Waals surface area contributed by atoms with Crippen LogP contribution in [0.2, 0.25) is 0 Å². The van der Waals surface area contributed by atoms with Crippen LogP contribution in [0.4, 0.5) is 0 Å². The summed E-state index contributed by atoms with van der Waals surface area (Å²) in [7, 11) is 0. The lowest BCUT2D eigenvalue weighted by Gasteiger charge is -1.97.